The number of fused-ring (bicyclic) bond motifs is 1. The van der Waals surface area contributed by atoms with Crippen molar-refractivity contribution in [1.82, 2.24) is 15.0 Å². The molecule has 142 valence electrons. The van der Waals surface area contributed by atoms with Gasteiger partial charge in [-0.3, -0.25) is 9.19 Å². The molecule has 3 aromatic rings. The minimum absolute atomic E-state index is 0.126. The lowest BCUT2D eigenvalue weighted by Crippen LogP contribution is -2.10. The van der Waals surface area contributed by atoms with Crippen molar-refractivity contribution in [2.75, 3.05) is 21.3 Å². The number of carbonyl (C=O) groups is 1. The van der Waals surface area contributed by atoms with Crippen molar-refractivity contribution in [1.29, 1.82) is 0 Å². The maximum Gasteiger partial charge on any atom is 0.343 e. The highest BCUT2D eigenvalue weighted by Gasteiger charge is 2.20. The molecule has 1 unspecified atom stereocenters. The molecule has 1 N–H and O–H groups in total. The third-order valence-electron chi connectivity index (χ3n) is 4.13. The van der Waals surface area contributed by atoms with Gasteiger partial charge in [0.05, 0.1) is 54.6 Å². The molecule has 0 fully saturated rings. The van der Waals surface area contributed by atoms with Crippen LogP contribution in [0.25, 0.3) is 11.0 Å². The second-order valence-electron chi connectivity index (χ2n) is 5.68. The van der Waals surface area contributed by atoms with E-state index in [0.717, 1.165) is 5.52 Å². The van der Waals surface area contributed by atoms with Crippen molar-refractivity contribution >= 4 is 27.8 Å². The Balaban J connectivity index is 1.90. The van der Waals surface area contributed by atoms with Gasteiger partial charge in [-0.1, -0.05) is 0 Å². The molecule has 1 atom stereocenters. The molecule has 0 saturated heterocycles. The zero-order valence-electron chi connectivity index (χ0n) is 15.4. The Hall–Kier alpha value is -2.94. The number of pyridine rings is 1. The fourth-order valence-electron chi connectivity index (χ4n) is 2.69. The van der Waals surface area contributed by atoms with Crippen LogP contribution in [0, 0.1) is 6.92 Å². The lowest BCUT2D eigenvalue weighted by atomic mass is 10.1. The SMILES string of the molecule is COC(=O)c1cnc(CS(=O)c2nc3ccc(OC)cc3[nH]2)c(C)c1OC. The molecule has 0 aliphatic heterocycles. The number of ether oxygens (including phenoxy) is 3. The van der Waals surface area contributed by atoms with Crippen LogP contribution in [0.15, 0.2) is 29.6 Å². The van der Waals surface area contributed by atoms with Gasteiger partial charge in [0.2, 0.25) is 0 Å². The molecule has 0 spiro atoms. The maximum atomic E-state index is 12.8. The molecule has 9 heteroatoms. The van der Waals surface area contributed by atoms with E-state index < -0.39 is 16.8 Å². The Morgan fingerprint density at radius 3 is 2.67 bits per heavy atom. The molecule has 1 aromatic carbocycles. The minimum Gasteiger partial charge on any atom is -0.497 e. The molecular weight excluding hydrogens is 370 g/mol. The Bertz CT molecular complexity index is 1030. The van der Waals surface area contributed by atoms with E-state index in [9.17, 15) is 9.00 Å². The number of rotatable bonds is 6. The predicted octanol–water partition coefficient (Wildman–Crippen LogP) is 2.38. The van der Waals surface area contributed by atoms with Crippen LogP contribution in [0.5, 0.6) is 11.5 Å². The van der Waals surface area contributed by atoms with Crippen LogP contribution in [-0.2, 0) is 21.3 Å². The van der Waals surface area contributed by atoms with E-state index in [2.05, 4.69) is 15.0 Å². The first-order valence-corrected chi connectivity index (χ1v) is 9.33. The largest absolute Gasteiger partial charge is 0.497 e. The molecule has 2 heterocycles. The monoisotopic (exact) mass is 389 g/mol. The Kier molecular flexibility index (Phi) is 5.41. The first-order chi connectivity index (χ1) is 13.0. The quantitative estimate of drug-likeness (QED) is 0.646. The summed E-state index contributed by atoms with van der Waals surface area (Å²) in [5.74, 6) is 0.629. The number of hydrogen-bond acceptors (Lipinski definition) is 7. The van der Waals surface area contributed by atoms with E-state index in [1.54, 1.807) is 32.2 Å². The van der Waals surface area contributed by atoms with E-state index in [1.807, 2.05) is 0 Å². The Morgan fingerprint density at radius 1 is 1.22 bits per heavy atom. The first kappa shape index (κ1) is 18.8. The average molecular weight is 389 g/mol. The highest BCUT2D eigenvalue weighted by Crippen LogP contribution is 2.27. The van der Waals surface area contributed by atoms with E-state index >= 15 is 0 Å². The minimum atomic E-state index is -1.46. The van der Waals surface area contributed by atoms with Gasteiger partial charge in [0, 0.05) is 17.8 Å². The maximum absolute atomic E-state index is 12.8. The first-order valence-electron chi connectivity index (χ1n) is 8.01. The fraction of sp³-hybridized carbons (Fsp3) is 0.278. The number of carbonyl (C=O) groups excluding carboxylic acids is 1. The number of aromatic nitrogens is 3. The van der Waals surface area contributed by atoms with Crippen LogP contribution >= 0.6 is 0 Å². The summed E-state index contributed by atoms with van der Waals surface area (Å²) < 4.78 is 28.0. The third kappa shape index (κ3) is 3.63. The summed E-state index contributed by atoms with van der Waals surface area (Å²) in [7, 11) is 2.87. The summed E-state index contributed by atoms with van der Waals surface area (Å²) in [5.41, 5.74) is 2.84. The van der Waals surface area contributed by atoms with Crippen molar-refractivity contribution in [3.05, 3.63) is 41.2 Å². The smallest absolute Gasteiger partial charge is 0.343 e. The molecule has 0 radical (unpaired) electrons. The van der Waals surface area contributed by atoms with Crippen molar-refractivity contribution in [2.45, 2.75) is 17.8 Å². The molecule has 0 bridgehead atoms. The topological polar surface area (TPSA) is 103 Å². The number of esters is 1. The van der Waals surface area contributed by atoms with E-state index in [-0.39, 0.29) is 11.3 Å². The number of benzene rings is 1. The zero-order chi connectivity index (χ0) is 19.6. The molecule has 0 aliphatic rings. The summed E-state index contributed by atoms with van der Waals surface area (Å²) in [6, 6.07) is 5.38. The van der Waals surface area contributed by atoms with Gasteiger partial charge in [0.15, 0.2) is 5.16 Å². The molecule has 3 rings (SSSR count). The van der Waals surface area contributed by atoms with Gasteiger partial charge in [-0.2, -0.15) is 0 Å². The number of imidazole rings is 1. The zero-order valence-corrected chi connectivity index (χ0v) is 16.2. The van der Waals surface area contributed by atoms with Crippen molar-refractivity contribution in [3.8, 4) is 11.5 Å². The van der Waals surface area contributed by atoms with E-state index in [4.69, 9.17) is 14.2 Å². The second kappa shape index (κ2) is 7.75. The summed E-state index contributed by atoms with van der Waals surface area (Å²) in [4.78, 5) is 23.5. The fourth-order valence-corrected chi connectivity index (χ4v) is 3.79. The van der Waals surface area contributed by atoms with Gasteiger partial charge < -0.3 is 19.2 Å². The van der Waals surface area contributed by atoms with Crippen LogP contribution in [-0.4, -0.2) is 46.5 Å². The van der Waals surface area contributed by atoms with Gasteiger partial charge in [-0.25, -0.2) is 9.78 Å². The summed E-state index contributed by atoms with van der Waals surface area (Å²) >= 11 is 0. The molecule has 2 aromatic heterocycles. The number of aromatic amines is 1. The summed E-state index contributed by atoms with van der Waals surface area (Å²) in [6.45, 7) is 1.76. The van der Waals surface area contributed by atoms with Crippen LogP contribution in [0.3, 0.4) is 0 Å². The molecule has 0 amide bonds. The van der Waals surface area contributed by atoms with Crippen molar-refractivity contribution < 1.29 is 23.2 Å². The van der Waals surface area contributed by atoms with Gasteiger partial charge in [0.1, 0.15) is 17.1 Å². The molecular formula is C18H19N3O5S. The standard InChI is InChI=1S/C18H19N3O5S/c1-10-15(19-8-12(16(10)25-3)17(22)26-4)9-27(23)18-20-13-6-5-11(24-2)7-14(13)21-18/h5-8H,9H2,1-4H3,(H,20,21). The van der Waals surface area contributed by atoms with E-state index in [1.165, 1.54) is 20.4 Å². The Morgan fingerprint density at radius 2 is 2.00 bits per heavy atom. The number of nitrogens with one attached hydrogen (secondary N) is 1. The molecule has 27 heavy (non-hydrogen) atoms. The highest BCUT2D eigenvalue weighted by atomic mass is 32.2. The molecule has 0 aliphatic carbocycles. The van der Waals surface area contributed by atoms with Gasteiger partial charge >= 0.3 is 5.97 Å². The Labute approximate surface area is 158 Å². The van der Waals surface area contributed by atoms with Crippen LogP contribution in [0.1, 0.15) is 21.6 Å². The number of methoxy groups -OCH3 is 3. The average Bonchev–Trinajstić information content (AvgIpc) is 3.11. The van der Waals surface area contributed by atoms with Crippen molar-refractivity contribution in [2.24, 2.45) is 0 Å². The lowest BCUT2D eigenvalue weighted by Gasteiger charge is -2.12. The predicted molar refractivity (Wildman–Crippen MR) is 99.6 cm³/mol. The van der Waals surface area contributed by atoms with Crippen LogP contribution in [0.2, 0.25) is 0 Å². The number of nitrogens with zero attached hydrogens (tertiary/aromatic N) is 2. The second-order valence-corrected chi connectivity index (χ2v) is 7.05. The lowest BCUT2D eigenvalue weighted by molar-refractivity contribution is 0.0596. The van der Waals surface area contributed by atoms with Gasteiger partial charge in [-0.05, 0) is 19.1 Å². The van der Waals surface area contributed by atoms with Crippen LogP contribution in [0.4, 0.5) is 0 Å². The number of H-pyrrole nitrogens is 1. The summed E-state index contributed by atoms with van der Waals surface area (Å²) in [5, 5.41) is 0.343. The number of hydrogen-bond donors (Lipinski definition) is 1. The van der Waals surface area contributed by atoms with Gasteiger partial charge in [-0.15, -0.1) is 0 Å². The summed E-state index contributed by atoms with van der Waals surface area (Å²) in [6.07, 6.45) is 1.37. The van der Waals surface area contributed by atoms with Crippen LogP contribution < -0.4 is 9.47 Å². The van der Waals surface area contributed by atoms with E-state index in [0.29, 0.717) is 33.4 Å². The molecule has 8 nitrogen and oxygen atoms in total. The van der Waals surface area contributed by atoms with Crippen molar-refractivity contribution in [3.63, 3.8) is 0 Å². The normalized spacial score (nSPS) is 12.0. The molecule has 0 saturated carbocycles. The highest BCUT2D eigenvalue weighted by molar-refractivity contribution is 7.84. The third-order valence-corrected chi connectivity index (χ3v) is 5.29. The van der Waals surface area contributed by atoms with Gasteiger partial charge in [0.25, 0.3) is 0 Å².